The Labute approximate surface area is 183 Å². The van der Waals surface area contributed by atoms with Gasteiger partial charge in [-0.1, -0.05) is 48.5 Å². The SMILES string of the molecule is CC(NC(=O)C(Cc1ccccc1)NC(=O)c1cccs1)c1cccc(OC(F)F)c1. The number of amides is 2. The molecule has 0 fully saturated rings. The van der Waals surface area contributed by atoms with E-state index in [1.54, 1.807) is 36.6 Å². The van der Waals surface area contributed by atoms with Gasteiger partial charge in [-0.2, -0.15) is 8.78 Å². The highest BCUT2D eigenvalue weighted by atomic mass is 32.1. The summed E-state index contributed by atoms with van der Waals surface area (Å²) in [6, 6.07) is 17.7. The topological polar surface area (TPSA) is 67.4 Å². The van der Waals surface area contributed by atoms with Crippen molar-refractivity contribution in [3.05, 3.63) is 88.1 Å². The molecule has 2 N–H and O–H groups in total. The van der Waals surface area contributed by atoms with Gasteiger partial charge in [-0.25, -0.2) is 0 Å². The summed E-state index contributed by atoms with van der Waals surface area (Å²) in [6.45, 7) is -1.19. The van der Waals surface area contributed by atoms with Crippen LogP contribution in [0.4, 0.5) is 8.78 Å². The summed E-state index contributed by atoms with van der Waals surface area (Å²) in [4.78, 5) is 26.1. The summed E-state index contributed by atoms with van der Waals surface area (Å²) in [5, 5.41) is 7.44. The molecule has 1 aromatic heterocycles. The van der Waals surface area contributed by atoms with Gasteiger partial charge in [-0.3, -0.25) is 9.59 Å². The highest BCUT2D eigenvalue weighted by Gasteiger charge is 2.24. The standard InChI is InChI=1S/C23H22F2N2O3S/c1-15(17-9-5-10-18(14-17)30-23(24)25)26-21(28)19(13-16-7-3-2-4-8-16)27-22(29)20-11-6-12-31-20/h2-12,14-15,19,23H,13H2,1H3,(H,26,28)(H,27,29). The third-order valence-corrected chi connectivity index (χ3v) is 5.46. The maximum Gasteiger partial charge on any atom is 0.387 e. The Morgan fingerprint density at radius 1 is 1.00 bits per heavy atom. The van der Waals surface area contributed by atoms with Crippen molar-refractivity contribution in [3.63, 3.8) is 0 Å². The van der Waals surface area contributed by atoms with E-state index in [2.05, 4.69) is 15.4 Å². The largest absolute Gasteiger partial charge is 0.435 e. The number of carbonyl (C=O) groups excluding carboxylic acids is 2. The monoisotopic (exact) mass is 444 g/mol. The average Bonchev–Trinajstić information content (AvgIpc) is 3.29. The molecule has 3 aromatic rings. The first-order chi connectivity index (χ1) is 14.9. The van der Waals surface area contributed by atoms with Gasteiger partial charge in [-0.05, 0) is 41.6 Å². The fraction of sp³-hybridized carbons (Fsp3) is 0.217. The first-order valence-corrected chi connectivity index (χ1v) is 10.5. The Hall–Kier alpha value is -3.26. The predicted octanol–water partition coefficient (Wildman–Crippen LogP) is 4.57. The molecule has 0 aliphatic heterocycles. The lowest BCUT2D eigenvalue weighted by Gasteiger charge is -2.22. The van der Waals surface area contributed by atoms with Gasteiger partial charge in [-0.15, -0.1) is 11.3 Å². The van der Waals surface area contributed by atoms with Crippen LogP contribution in [-0.2, 0) is 11.2 Å². The van der Waals surface area contributed by atoms with Gasteiger partial charge in [0.2, 0.25) is 5.91 Å². The van der Waals surface area contributed by atoms with Crippen molar-refractivity contribution in [2.24, 2.45) is 0 Å². The molecule has 31 heavy (non-hydrogen) atoms. The van der Waals surface area contributed by atoms with Crippen molar-refractivity contribution in [1.29, 1.82) is 0 Å². The van der Waals surface area contributed by atoms with Gasteiger partial charge in [0.25, 0.3) is 5.91 Å². The maximum atomic E-state index is 13.0. The van der Waals surface area contributed by atoms with Crippen LogP contribution < -0.4 is 15.4 Å². The van der Waals surface area contributed by atoms with Crippen LogP contribution in [0.2, 0.25) is 0 Å². The van der Waals surface area contributed by atoms with Crippen LogP contribution in [0.15, 0.2) is 72.1 Å². The zero-order valence-electron chi connectivity index (χ0n) is 16.8. The fourth-order valence-electron chi connectivity index (χ4n) is 3.05. The highest BCUT2D eigenvalue weighted by molar-refractivity contribution is 7.12. The molecular weight excluding hydrogens is 422 g/mol. The second-order valence-electron chi connectivity index (χ2n) is 6.87. The van der Waals surface area contributed by atoms with E-state index < -0.39 is 18.7 Å². The molecule has 1 heterocycles. The maximum absolute atomic E-state index is 13.0. The number of benzene rings is 2. The van der Waals surface area contributed by atoms with Crippen LogP contribution in [-0.4, -0.2) is 24.5 Å². The van der Waals surface area contributed by atoms with Gasteiger partial charge in [0.05, 0.1) is 10.9 Å². The zero-order chi connectivity index (χ0) is 22.2. The summed E-state index contributed by atoms with van der Waals surface area (Å²) >= 11 is 1.29. The molecule has 2 aromatic carbocycles. The second kappa shape index (κ2) is 10.7. The first kappa shape index (κ1) is 22.4. The summed E-state index contributed by atoms with van der Waals surface area (Å²) in [5.41, 5.74) is 1.50. The van der Waals surface area contributed by atoms with E-state index in [1.807, 2.05) is 30.3 Å². The Balaban J connectivity index is 1.73. The summed E-state index contributed by atoms with van der Waals surface area (Å²) in [7, 11) is 0. The molecule has 0 saturated heterocycles. The number of ether oxygens (including phenoxy) is 1. The van der Waals surface area contributed by atoms with Gasteiger partial charge >= 0.3 is 6.61 Å². The van der Waals surface area contributed by atoms with E-state index in [1.165, 1.54) is 23.5 Å². The second-order valence-corrected chi connectivity index (χ2v) is 7.82. The van der Waals surface area contributed by atoms with Gasteiger partial charge in [0, 0.05) is 6.42 Å². The van der Waals surface area contributed by atoms with Gasteiger partial charge in [0.15, 0.2) is 0 Å². The number of alkyl halides is 2. The third-order valence-electron chi connectivity index (χ3n) is 4.59. The predicted molar refractivity (Wildman–Crippen MR) is 115 cm³/mol. The fourth-order valence-corrected chi connectivity index (χ4v) is 3.68. The van der Waals surface area contributed by atoms with Gasteiger partial charge in [0.1, 0.15) is 11.8 Å². The average molecular weight is 445 g/mol. The number of hydrogen-bond acceptors (Lipinski definition) is 4. The van der Waals surface area contributed by atoms with Crippen LogP contribution in [0, 0.1) is 0 Å². The van der Waals surface area contributed by atoms with Crippen molar-refractivity contribution in [2.45, 2.75) is 32.0 Å². The summed E-state index contributed by atoms with van der Waals surface area (Å²) in [6.07, 6.45) is 0.311. The van der Waals surface area contributed by atoms with Crippen molar-refractivity contribution in [2.75, 3.05) is 0 Å². The van der Waals surface area contributed by atoms with Crippen LogP contribution in [0.3, 0.4) is 0 Å². The molecule has 0 radical (unpaired) electrons. The molecule has 0 aliphatic rings. The zero-order valence-corrected chi connectivity index (χ0v) is 17.6. The lowest BCUT2D eigenvalue weighted by molar-refractivity contribution is -0.123. The van der Waals surface area contributed by atoms with Crippen molar-refractivity contribution >= 4 is 23.2 Å². The van der Waals surface area contributed by atoms with Crippen molar-refractivity contribution in [1.82, 2.24) is 10.6 Å². The molecular formula is C23H22F2N2O3S. The number of halogens is 2. The number of nitrogens with one attached hydrogen (secondary N) is 2. The Morgan fingerprint density at radius 3 is 2.45 bits per heavy atom. The number of rotatable bonds is 9. The molecule has 0 aliphatic carbocycles. The number of hydrogen-bond donors (Lipinski definition) is 2. The lowest BCUT2D eigenvalue weighted by Crippen LogP contribution is -2.48. The molecule has 2 unspecified atom stereocenters. The molecule has 0 saturated carbocycles. The normalized spacial score (nSPS) is 12.8. The minimum atomic E-state index is -2.93. The molecule has 162 valence electrons. The van der Waals surface area contributed by atoms with Gasteiger partial charge < -0.3 is 15.4 Å². The van der Waals surface area contributed by atoms with E-state index in [9.17, 15) is 18.4 Å². The number of thiophene rings is 1. The number of carbonyl (C=O) groups is 2. The molecule has 8 heteroatoms. The van der Waals surface area contributed by atoms with Crippen LogP contribution >= 0.6 is 11.3 Å². The summed E-state index contributed by atoms with van der Waals surface area (Å²) < 4.78 is 29.4. The molecule has 0 bridgehead atoms. The van der Waals surface area contributed by atoms with Crippen LogP contribution in [0.25, 0.3) is 0 Å². The van der Waals surface area contributed by atoms with Crippen molar-refractivity contribution in [3.8, 4) is 5.75 Å². The first-order valence-electron chi connectivity index (χ1n) is 9.66. The Morgan fingerprint density at radius 2 is 1.77 bits per heavy atom. The van der Waals surface area contributed by atoms with E-state index in [-0.39, 0.29) is 17.6 Å². The molecule has 5 nitrogen and oxygen atoms in total. The third kappa shape index (κ3) is 6.62. The molecule has 0 spiro atoms. The summed E-state index contributed by atoms with van der Waals surface area (Å²) in [5.74, 6) is -0.687. The minimum Gasteiger partial charge on any atom is -0.435 e. The Kier molecular flexibility index (Phi) is 7.72. The molecule has 3 rings (SSSR count). The smallest absolute Gasteiger partial charge is 0.387 e. The van der Waals surface area contributed by atoms with E-state index >= 15 is 0 Å². The van der Waals surface area contributed by atoms with E-state index in [0.717, 1.165) is 5.56 Å². The van der Waals surface area contributed by atoms with Crippen LogP contribution in [0.5, 0.6) is 5.75 Å². The van der Waals surface area contributed by atoms with E-state index in [4.69, 9.17) is 0 Å². The Bertz CT molecular complexity index is 997. The lowest BCUT2D eigenvalue weighted by atomic mass is 10.0. The highest BCUT2D eigenvalue weighted by Crippen LogP contribution is 2.21. The molecule has 2 atom stereocenters. The van der Waals surface area contributed by atoms with E-state index in [0.29, 0.717) is 16.9 Å². The van der Waals surface area contributed by atoms with Crippen LogP contribution in [0.1, 0.15) is 33.8 Å². The minimum absolute atomic E-state index is 0.0143. The quantitative estimate of drug-likeness (QED) is 0.508. The van der Waals surface area contributed by atoms with Crippen molar-refractivity contribution < 1.29 is 23.1 Å². The molecule has 2 amide bonds.